The van der Waals surface area contributed by atoms with Crippen LogP contribution in [0.1, 0.15) is 32.1 Å². The highest BCUT2D eigenvalue weighted by Gasteiger charge is 2.43. The van der Waals surface area contributed by atoms with Crippen LogP contribution in [0.25, 0.3) is 0 Å². The van der Waals surface area contributed by atoms with Gasteiger partial charge in [-0.15, -0.1) is 0 Å². The minimum absolute atomic E-state index is 0.185. The van der Waals surface area contributed by atoms with E-state index in [0.29, 0.717) is 26.1 Å². The van der Waals surface area contributed by atoms with Gasteiger partial charge in [-0.05, 0) is 37.5 Å². The number of urea groups is 1. The van der Waals surface area contributed by atoms with Crippen molar-refractivity contribution >= 4 is 12.0 Å². The smallest absolute Gasteiger partial charge is 0.326 e. The average molecular weight is 270 g/mol. The molecule has 0 aromatic carbocycles. The molecule has 19 heavy (non-hydrogen) atoms. The highest BCUT2D eigenvalue weighted by Crippen LogP contribution is 2.48. The zero-order valence-electron chi connectivity index (χ0n) is 11.4. The fourth-order valence-electron chi connectivity index (χ4n) is 2.64. The van der Waals surface area contributed by atoms with Crippen molar-refractivity contribution in [3.05, 3.63) is 0 Å². The fourth-order valence-corrected chi connectivity index (χ4v) is 2.64. The summed E-state index contributed by atoms with van der Waals surface area (Å²) in [4.78, 5) is 24.5. The van der Waals surface area contributed by atoms with E-state index in [2.05, 4.69) is 5.32 Å². The molecule has 1 heterocycles. The second-order valence-corrected chi connectivity index (χ2v) is 5.59. The molecule has 1 saturated heterocycles. The molecule has 2 aliphatic rings. The monoisotopic (exact) mass is 270 g/mol. The predicted octanol–water partition coefficient (Wildman–Crippen LogP) is 1.06. The quantitative estimate of drug-likeness (QED) is 0.756. The van der Waals surface area contributed by atoms with Gasteiger partial charge < -0.3 is 20.1 Å². The van der Waals surface area contributed by atoms with E-state index in [1.54, 1.807) is 7.11 Å². The first-order chi connectivity index (χ1) is 9.08. The van der Waals surface area contributed by atoms with Crippen molar-refractivity contribution in [2.75, 3.05) is 26.8 Å². The molecule has 1 atom stereocenters. The number of carbonyl (C=O) groups is 2. The lowest BCUT2D eigenvalue weighted by Gasteiger charge is -2.23. The largest absolute Gasteiger partial charge is 0.480 e. The maximum atomic E-state index is 12.0. The van der Waals surface area contributed by atoms with Crippen molar-refractivity contribution in [2.24, 2.45) is 5.41 Å². The molecule has 0 aromatic rings. The molecule has 1 aliphatic heterocycles. The van der Waals surface area contributed by atoms with Gasteiger partial charge in [-0.2, -0.15) is 0 Å². The zero-order valence-corrected chi connectivity index (χ0v) is 11.4. The normalized spacial score (nSPS) is 24.3. The number of hydrogen-bond acceptors (Lipinski definition) is 3. The van der Waals surface area contributed by atoms with Gasteiger partial charge in [-0.25, -0.2) is 9.59 Å². The van der Waals surface area contributed by atoms with Crippen molar-refractivity contribution in [3.63, 3.8) is 0 Å². The summed E-state index contributed by atoms with van der Waals surface area (Å²) in [5, 5.41) is 11.9. The van der Waals surface area contributed by atoms with Crippen LogP contribution in [-0.4, -0.2) is 54.9 Å². The Morgan fingerprint density at radius 1 is 1.47 bits per heavy atom. The van der Waals surface area contributed by atoms with E-state index in [4.69, 9.17) is 9.84 Å². The van der Waals surface area contributed by atoms with Crippen LogP contribution in [0.2, 0.25) is 0 Å². The SMILES string of the molecule is COCCC1(CNC(=O)N2CCC[C@H]2C(=O)O)CC1. The van der Waals surface area contributed by atoms with Crippen LogP contribution < -0.4 is 5.32 Å². The summed E-state index contributed by atoms with van der Waals surface area (Å²) in [7, 11) is 1.68. The van der Waals surface area contributed by atoms with E-state index in [1.165, 1.54) is 4.90 Å². The van der Waals surface area contributed by atoms with Crippen LogP contribution in [0, 0.1) is 5.41 Å². The van der Waals surface area contributed by atoms with Crippen molar-refractivity contribution in [3.8, 4) is 0 Å². The maximum absolute atomic E-state index is 12.0. The molecular weight excluding hydrogens is 248 g/mol. The van der Waals surface area contributed by atoms with E-state index in [-0.39, 0.29) is 11.4 Å². The number of nitrogens with zero attached hydrogens (tertiary/aromatic N) is 1. The summed E-state index contributed by atoms with van der Waals surface area (Å²) < 4.78 is 5.07. The number of nitrogens with one attached hydrogen (secondary N) is 1. The number of aliphatic carboxylic acids is 1. The molecule has 0 unspecified atom stereocenters. The second kappa shape index (κ2) is 5.77. The van der Waals surface area contributed by atoms with Crippen molar-refractivity contribution in [2.45, 2.75) is 38.1 Å². The van der Waals surface area contributed by atoms with E-state index in [9.17, 15) is 9.59 Å². The van der Waals surface area contributed by atoms with Gasteiger partial charge in [0.15, 0.2) is 0 Å². The van der Waals surface area contributed by atoms with Crippen LogP contribution >= 0.6 is 0 Å². The highest BCUT2D eigenvalue weighted by atomic mass is 16.5. The van der Waals surface area contributed by atoms with Crippen molar-refractivity contribution in [1.29, 1.82) is 0 Å². The molecule has 1 saturated carbocycles. The van der Waals surface area contributed by atoms with Crippen LogP contribution in [0.15, 0.2) is 0 Å². The van der Waals surface area contributed by atoms with Gasteiger partial charge in [0.2, 0.25) is 0 Å². The summed E-state index contributed by atoms with van der Waals surface area (Å²) in [6, 6.07) is -0.900. The average Bonchev–Trinajstić information content (AvgIpc) is 2.97. The summed E-state index contributed by atoms with van der Waals surface area (Å²) >= 11 is 0. The second-order valence-electron chi connectivity index (χ2n) is 5.59. The Balaban J connectivity index is 1.80. The number of carboxylic acid groups (broad SMARTS) is 1. The van der Waals surface area contributed by atoms with Crippen molar-refractivity contribution in [1.82, 2.24) is 10.2 Å². The highest BCUT2D eigenvalue weighted by molar-refractivity contribution is 5.83. The molecule has 2 N–H and O–H groups in total. The standard InChI is InChI=1S/C13H22N2O4/c1-19-8-6-13(4-5-13)9-14-12(18)15-7-2-3-10(15)11(16)17/h10H,2-9H2,1H3,(H,14,18)(H,16,17)/t10-/m0/s1. The topological polar surface area (TPSA) is 78.9 Å². The molecule has 6 heteroatoms. The van der Waals surface area contributed by atoms with Gasteiger partial charge in [-0.1, -0.05) is 0 Å². The van der Waals surface area contributed by atoms with Crippen LogP contribution in [0.3, 0.4) is 0 Å². The lowest BCUT2D eigenvalue weighted by Crippen LogP contribution is -2.47. The molecule has 0 bridgehead atoms. The van der Waals surface area contributed by atoms with Gasteiger partial charge in [0.05, 0.1) is 0 Å². The molecule has 2 fully saturated rings. The molecule has 0 radical (unpaired) electrons. The summed E-state index contributed by atoms with van der Waals surface area (Å²) in [5.41, 5.74) is 0.185. The Morgan fingerprint density at radius 3 is 2.79 bits per heavy atom. The number of hydrogen-bond donors (Lipinski definition) is 2. The third-order valence-corrected chi connectivity index (χ3v) is 4.21. The molecule has 6 nitrogen and oxygen atoms in total. The maximum Gasteiger partial charge on any atom is 0.326 e. The van der Waals surface area contributed by atoms with E-state index >= 15 is 0 Å². The van der Waals surface area contributed by atoms with Crippen LogP contribution in [0.4, 0.5) is 4.79 Å². The Kier molecular flexibility index (Phi) is 4.29. The molecule has 0 spiro atoms. The number of ether oxygens (including phenoxy) is 1. The van der Waals surface area contributed by atoms with Gasteiger partial charge in [-0.3, -0.25) is 0 Å². The number of methoxy groups -OCH3 is 1. The minimum atomic E-state index is -0.909. The first kappa shape index (κ1) is 14.1. The predicted molar refractivity (Wildman–Crippen MR) is 68.9 cm³/mol. The van der Waals surface area contributed by atoms with Crippen LogP contribution in [0.5, 0.6) is 0 Å². The molecular formula is C13H22N2O4. The fraction of sp³-hybridized carbons (Fsp3) is 0.846. The molecule has 0 aromatic heterocycles. The van der Waals surface area contributed by atoms with Gasteiger partial charge >= 0.3 is 12.0 Å². The van der Waals surface area contributed by atoms with Crippen molar-refractivity contribution < 1.29 is 19.4 Å². The lowest BCUT2D eigenvalue weighted by molar-refractivity contribution is -0.141. The first-order valence-corrected chi connectivity index (χ1v) is 6.84. The molecule has 1 aliphatic carbocycles. The lowest BCUT2D eigenvalue weighted by atomic mass is 10.0. The molecule has 108 valence electrons. The Bertz CT molecular complexity index is 355. The third kappa shape index (κ3) is 3.37. The number of carbonyl (C=O) groups excluding carboxylic acids is 1. The van der Waals surface area contributed by atoms with Crippen LogP contribution in [-0.2, 0) is 9.53 Å². The van der Waals surface area contributed by atoms with Gasteiger partial charge in [0.1, 0.15) is 6.04 Å². The Labute approximate surface area is 113 Å². The van der Waals surface area contributed by atoms with Gasteiger partial charge in [0.25, 0.3) is 0 Å². The molecule has 2 rings (SSSR count). The number of carboxylic acids is 1. The zero-order chi connectivity index (χ0) is 13.9. The van der Waals surface area contributed by atoms with E-state index in [0.717, 1.165) is 25.7 Å². The van der Waals surface area contributed by atoms with E-state index in [1.807, 2.05) is 0 Å². The number of amides is 2. The summed E-state index contributed by atoms with van der Waals surface area (Å²) in [6.45, 7) is 1.86. The van der Waals surface area contributed by atoms with Gasteiger partial charge in [0, 0.05) is 26.8 Å². The Morgan fingerprint density at radius 2 is 2.21 bits per heavy atom. The first-order valence-electron chi connectivity index (χ1n) is 6.84. The molecule has 2 amide bonds. The third-order valence-electron chi connectivity index (χ3n) is 4.21. The number of likely N-dealkylation sites (tertiary alicyclic amines) is 1. The summed E-state index contributed by atoms with van der Waals surface area (Å²) in [5.74, 6) is -0.909. The Hall–Kier alpha value is -1.30. The minimum Gasteiger partial charge on any atom is -0.480 e. The number of rotatable bonds is 6. The van der Waals surface area contributed by atoms with E-state index < -0.39 is 12.0 Å². The summed E-state index contributed by atoms with van der Waals surface area (Å²) in [6.07, 6.45) is 4.49.